The Morgan fingerprint density at radius 3 is 2.27 bits per heavy atom. The van der Waals surface area contributed by atoms with Gasteiger partial charge in [0.15, 0.2) is 0 Å². The van der Waals surface area contributed by atoms with E-state index in [0.717, 1.165) is 0 Å². The minimum atomic E-state index is 0.441. The van der Waals surface area contributed by atoms with E-state index >= 15 is 0 Å². The third-order valence-electron chi connectivity index (χ3n) is 2.76. The maximum atomic E-state index is 3.58. The highest BCUT2D eigenvalue weighted by molar-refractivity contribution is 7.98. The predicted octanol–water partition coefficient (Wildman–Crippen LogP) is 3.86. The van der Waals surface area contributed by atoms with Crippen LogP contribution in [0.25, 0.3) is 0 Å². The lowest BCUT2D eigenvalue weighted by atomic mass is 10.1. The molecular weight excluding hydrogens is 202 g/mol. The Kier molecular flexibility index (Phi) is 5.20. The molecule has 0 unspecified atom stereocenters. The third kappa shape index (κ3) is 3.88. The van der Waals surface area contributed by atoms with Crippen LogP contribution in [-0.2, 0) is 0 Å². The zero-order valence-electron chi connectivity index (χ0n) is 10.1. The molecule has 0 bridgehead atoms. The average Bonchev–Trinajstić information content (AvgIpc) is 2.29. The fraction of sp³-hybridized carbons (Fsp3) is 0.538. The quantitative estimate of drug-likeness (QED) is 0.761. The monoisotopic (exact) mass is 223 g/mol. The highest BCUT2D eigenvalue weighted by Gasteiger charge is 2.07. The Morgan fingerprint density at radius 1 is 1.20 bits per heavy atom. The van der Waals surface area contributed by atoms with Gasteiger partial charge in [-0.2, -0.15) is 0 Å². The minimum absolute atomic E-state index is 0.441. The van der Waals surface area contributed by atoms with E-state index < -0.39 is 0 Å². The van der Waals surface area contributed by atoms with E-state index in [2.05, 4.69) is 56.6 Å². The summed E-state index contributed by atoms with van der Waals surface area (Å²) in [7, 11) is 0. The molecule has 1 rings (SSSR count). The summed E-state index contributed by atoms with van der Waals surface area (Å²) in [4.78, 5) is 1.33. The predicted molar refractivity (Wildman–Crippen MR) is 69.5 cm³/mol. The van der Waals surface area contributed by atoms with Crippen molar-refractivity contribution >= 4 is 11.8 Å². The smallest absolute Gasteiger partial charge is 0.0294 e. The number of nitrogens with one attached hydrogen (secondary N) is 1. The van der Waals surface area contributed by atoms with Crippen LogP contribution >= 0.6 is 11.8 Å². The van der Waals surface area contributed by atoms with Crippen LogP contribution in [0.1, 0.15) is 38.8 Å². The van der Waals surface area contributed by atoms with Gasteiger partial charge >= 0.3 is 0 Å². The van der Waals surface area contributed by atoms with Crippen molar-refractivity contribution in [2.24, 2.45) is 0 Å². The fourth-order valence-electron chi connectivity index (χ4n) is 1.53. The molecule has 2 heteroatoms. The summed E-state index contributed by atoms with van der Waals surface area (Å²) in [6.07, 6.45) is 3.28. The molecule has 0 fully saturated rings. The molecule has 1 aromatic rings. The second-order valence-corrected chi connectivity index (χ2v) is 4.85. The number of hydrogen-bond donors (Lipinski definition) is 1. The SMILES string of the molecule is CC[C@H](C)N[C@@H](C)c1ccc(SC)cc1. The van der Waals surface area contributed by atoms with Gasteiger partial charge in [0, 0.05) is 17.0 Å². The van der Waals surface area contributed by atoms with E-state index in [-0.39, 0.29) is 0 Å². The zero-order valence-corrected chi connectivity index (χ0v) is 10.9. The van der Waals surface area contributed by atoms with Crippen molar-refractivity contribution in [3.8, 4) is 0 Å². The molecule has 15 heavy (non-hydrogen) atoms. The molecule has 0 amide bonds. The van der Waals surface area contributed by atoms with Crippen molar-refractivity contribution < 1.29 is 0 Å². The molecule has 0 aromatic heterocycles. The minimum Gasteiger partial charge on any atom is -0.308 e. The summed E-state index contributed by atoms with van der Waals surface area (Å²) in [5.74, 6) is 0. The van der Waals surface area contributed by atoms with Gasteiger partial charge in [-0.3, -0.25) is 0 Å². The molecule has 1 N–H and O–H groups in total. The third-order valence-corrected chi connectivity index (χ3v) is 3.51. The van der Waals surface area contributed by atoms with Crippen LogP contribution < -0.4 is 5.32 Å². The first kappa shape index (κ1) is 12.6. The molecule has 0 aliphatic heterocycles. The molecule has 2 atom stereocenters. The van der Waals surface area contributed by atoms with Crippen molar-refractivity contribution in [2.75, 3.05) is 6.26 Å². The topological polar surface area (TPSA) is 12.0 Å². The first-order valence-corrected chi connectivity index (χ1v) is 6.79. The number of thioether (sulfide) groups is 1. The van der Waals surface area contributed by atoms with Crippen molar-refractivity contribution in [1.29, 1.82) is 0 Å². The number of hydrogen-bond acceptors (Lipinski definition) is 2. The van der Waals surface area contributed by atoms with Crippen molar-refractivity contribution in [3.05, 3.63) is 29.8 Å². The van der Waals surface area contributed by atoms with Crippen molar-refractivity contribution in [1.82, 2.24) is 5.32 Å². The van der Waals surface area contributed by atoms with Gasteiger partial charge < -0.3 is 5.32 Å². The summed E-state index contributed by atoms with van der Waals surface area (Å²) in [6.45, 7) is 6.66. The van der Waals surface area contributed by atoms with Crippen LogP contribution in [0, 0.1) is 0 Å². The number of benzene rings is 1. The van der Waals surface area contributed by atoms with Gasteiger partial charge in [-0.1, -0.05) is 19.1 Å². The lowest BCUT2D eigenvalue weighted by molar-refractivity contribution is 0.469. The Balaban J connectivity index is 2.61. The van der Waals surface area contributed by atoms with Gasteiger partial charge in [-0.15, -0.1) is 11.8 Å². The highest BCUT2D eigenvalue weighted by atomic mass is 32.2. The fourth-order valence-corrected chi connectivity index (χ4v) is 1.94. The molecule has 0 aliphatic carbocycles. The Morgan fingerprint density at radius 2 is 1.80 bits per heavy atom. The summed E-state index contributed by atoms with van der Waals surface area (Å²) in [5, 5.41) is 3.58. The van der Waals surface area contributed by atoms with Gasteiger partial charge in [0.2, 0.25) is 0 Å². The van der Waals surface area contributed by atoms with Crippen LogP contribution in [0.4, 0.5) is 0 Å². The molecule has 0 heterocycles. The average molecular weight is 223 g/mol. The van der Waals surface area contributed by atoms with Crippen molar-refractivity contribution in [2.45, 2.75) is 44.2 Å². The van der Waals surface area contributed by atoms with Gasteiger partial charge in [-0.05, 0) is 44.2 Å². The molecule has 1 aromatic carbocycles. The maximum Gasteiger partial charge on any atom is 0.0294 e. The van der Waals surface area contributed by atoms with Crippen LogP contribution in [0.5, 0.6) is 0 Å². The highest BCUT2D eigenvalue weighted by Crippen LogP contribution is 2.19. The normalized spacial score (nSPS) is 14.9. The lowest BCUT2D eigenvalue weighted by Gasteiger charge is -2.19. The van der Waals surface area contributed by atoms with E-state index in [0.29, 0.717) is 12.1 Å². The Labute approximate surface area is 97.7 Å². The summed E-state index contributed by atoms with van der Waals surface area (Å²) in [6, 6.07) is 9.83. The summed E-state index contributed by atoms with van der Waals surface area (Å²) >= 11 is 1.79. The largest absolute Gasteiger partial charge is 0.308 e. The first-order chi connectivity index (χ1) is 7.17. The lowest BCUT2D eigenvalue weighted by Crippen LogP contribution is -2.28. The molecule has 0 radical (unpaired) electrons. The zero-order chi connectivity index (χ0) is 11.3. The summed E-state index contributed by atoms with van der Waals surface area (Å²) < 4.78 is 0. The summed E-state index contributed by atoms with van der Waals surface area (Å²) in [5.41, 5.74) is 1.37. The molecule has 0 spiro atoms. The van der Waals surface area contributed by atoms with E-state index in [1.54, 1.807) is 11.8 Å². The van der Waals surface area contributed by atoms with Gasteiger partial charge in [0.25, 0.3) is 0 Å². The Hall–Kier alpha value is -0.470. The van der Waals surface area contributed by atoms with E-state index in [9.17, 15) is 0 Å². The van der Waals surface area contributed by atoms with Crippen LogP contribution in [-0.4, -0.2) is 12.3 Å². The van der Waals surface area contributed by atoms with Gasteiger partial charge in [0.1, 0.15) is 0 Å². The Bertz CT molecular complexity index is 281. The molecule has 0 aliphatic rings. The van der Waals surface area contributed by atoms with E-state index in [1.807, 2.05) is 0 Å². The van der Waals surface area contributed by atoms with Gasteiger partial charge in [-0.25, -0.2) is 0 Å². The van der Waals surface area contributed by atoms with Crippen LogP contribution in [0.3, 0.4) is 0 Å². The van der Waals surface area contributed by atoms with E-state index in [1.165, 1.54) is 16.9 Å². The number of rotatable bonds is 5. The standard InChI is InChI=1S/C13H21NS/c1-5-10(2)14-11(3)12-6-8-13(15-4)9-7-12/h6-11,14H,5H2,1-4H3/t10-,11-/m0/s1. The molecule has 0 saturated carbocycles. The molecular formula is C13H21NS. The molecule has 1 nitrogen and oxygen atoms in total. The van der Waals surface area contributed by atoms with Crippen LogP contribution in [0.2, 0.25) is 0 Å². The molecule has 0 saturated heterocycles. The van der Waals surface area contributed by atoms with Gasteiger partial charge in [0.05, 0.1) is 0 Å². The van der Waals surface area contributed by atoms with Crippen LogP contribution in [0.15, 0.2) is 29.2 Å². The maximum absolute atomic E-state index is 3.58. The first-order valence-electron chi connectivity index (χ1n) is 5.57. The van der Waals surface area contributed by atoms with E-state index in [4.69, 9.17) is 0 Å². The molecule has 84 valence electrons. The second-order valence-electron chi connectivity index (χ2n) is 3.97. The second kappa shape index (κ2) is 6.19. The van der Waals surface area contributed by atoms with Crippen molar-refractivity contribution in [3.63, 3.8) is 0 Å².